The van der Waals surface area contributed by atoms with Gasteiger partial charge in [-0.15, -0.1) is 0 Å². The van der Waals surface area contributed by atoms with Gasteiger partial charge in [-0.1, -0.05) is 106 Å². The first-order chi connectivity index (χ1) is 25.0. The molecule has 1 aliphatic heterocycles. The van der Waals surface area contributed by atoms with Crippen molar-refractivity contribution in [1.29, 1.82) is 0 Å². The highest BCUT2D eigenvalue weighted by Crippen LogP contribution is 2.29. The Morgan fingerprint density at radius 2 is 1.65 bits per heavy atom. The van der Waals surface area contributed by atoms with E-state index in [0.717, 1.165) is 48.9 Å². The monoisotopic (exact) mass is 741 g/mol. The molecule has 1 fully saturated rings. The van der Waals surface area contributed by atoms with E-state index < -0.39 is 40.1 Å². The predicted octanol–water partition coefficient (Wildman–Crippen LogP) is 4.59. The van der Waals surface area contributed by atoms with Gasteiger partial charge >= 0.3 is 6.03 Å². The molecule has 4 atom stereocenters. The summed E-state index contributed by atoms with van der Waals surface area (Å²) in [5, 5.41) is 28.4. The quantitative estimate of drug-likeness (QED) is 0.115. The van der Waals surface area contributed by atoms with Crippen molar-refractivity contribution in [3.63, 3.8) is 0 Å². The number of carbonyl (C=O) groups is 2. The number of rotatable bonds is 21. The lowest BCUT2D eigenvalue weighted by Gasteiger charge is -2.34. The largest absolute Gasteiger partial charge is 0.389 e. The van der Waals surface area contributed by atoms with Gasteiger partial charge in [0.1, 0.15) is 13.4 Å². The second-order valence-corrected chi connectivity index (χ2v) is 16.1. The van der Waals surface area contributed by atoms with Crippen LogP contribution in [0.5, 0.6) is 0 Å². The van der Waals surface area contributed by atoms with Crippen LogP contribution in [0.4, 0.5) is 4.79 Å². The number of hydrogen-bond donors (Lipinski definition) is 5. The molecule has 2 aromatic carbocycles. The number of ether oxygens (including phenoxy) is 1. The topological polar surface area (TPSA) is 161 Å². The molecule has 2 aliphatic rings. The Hall–Kier alpha value is -3.33. The number of benzene rings is 2. The molecule has 288 valence electrons. The number of imide groups is 1. The molecule has 1 heterocycles. The van der Waals surface area contributed by atoms with Crippen LogP contribution >= 0.6 is 0 Å². The van der Waals surface area contributed by atoms with E-state index in [-0.39, 0.29) is 31.8 Å². The molecule has 3 amide bonds. The molecule has 1 aliphatic carbocycles. The van der Waals surface area contributed by atoms with Gasteiger partial charge in [0.15, 0.2) is 0 Å². The number of aliphatic hydroxyl groups excluding tert-OH is 2. The number of aliphatic hydroxyl groups is 2. The van der Waals surface area contributed by atoms with Gasteiger partial charge in [0.25, 0.3) is 0 Å². The van der Waals surface area contributed by atoms with Crippen molar-refractivity contribution in [2.24, 2.45) is 5.92 Å². The molecule has 1 unspecified atom stereocenters. The van der Waals surface area contributed by atoms with Crippen LogP contribution in [-0.4, -0.2) is 90.4 Å². The van der Waals surface area contributed by atoms with Crippen molar-refractivity contribution in [2.75, 3.05) is 25.7 Å². The van der Waals surface area contributed by atoms with E-state index in [4.69, 9.17) is 4.74 Å². The smallest absolute Gasteiger partial charge is 0.329 e. The molecular formula is C39H59N5O7S. The van der Waals surface area contributed by atoms with Crippen LogP contribution in [0.1, 0.15) is 89.2 Å². The van der Waals surface area contributed by atoms with Crippen LogP contribution < -0.4 is 15.4 Å². The minimum Gasteiger partial charge on any atom is -0.389 e. The number of urea groups is 1. The number of aryl methyl sites for hydroxylation is 1. The highest BCUT2D eigenvalue weighted by molar-refractivity contribution is 7.89. The minimum absolute atomic E-state index is 0.178. The Bertz CT molecular complexity index is 1510. The maximum absolute atomic E-state index is 13.3. The molecule has 1 saturated carbocycles. The second-order valence-electron chi connectivity index (χ2n) is 14.3. The van der Waals surface area contributed by atoms with E-state index in [1.807, 2.05) is 79.4 Å². The fourth-order valence-corrected chi connectivity index (χ4v) is 8.11. The lowest BCUT2D eigenvalue weighted by molar-refractivity contribution is -0.120. The van der Waals surface area contributed by atoms with Gasteiger partial charge in [0.2, 0.25) is 15.9 Å². The Morgan fingerprint density at radius 1 is 0.981 bits per heavy atom. The lowest BCUT2D eigenvalue weighted by Crippen LogP contribution is -2.52. The molecular weight excluding hydrogens is 683 g/mol. The summed E-state index contributed by atoms with van der Waals surface area (Å²) in [5.74, 6) is -0.592. The fraction of sp³-hybridized carbons (Fsp3) is 0.590. The van der Waals surface area contributed by atoms with Gasteiger partial charge in [-0.25, -0.2) is 17.9 Å². The van der Waals surface area contributed by atoms with Gasteiger partial charge in [-0.05, 0) is 43.2 Å². The molecule has 13 heteroatoms. The summed E-state index contributed by atoms with van der Waals surface area (Å²) < 4.78 is 33.9. The molecule has 52 heavy (non-hydrogen) atoms. The van der Waals surface area contributed by atoms with Crippen LogP contribution in [0.3, 0.4) is 0 Å². The standard InChI is InChI=1S/C39H59N5O7S/c1-3-4-22-40-52(49,50)27-36(45)38(47)35(24-32-16-10-6-11-17-32)41-30(2)23-34-25-43(28-44(34)29-51-26-33-18-12-7-13-19-33)39(48)42-37(46)21-20-31-14-8-5-9-15-31/h5,7-9,12-15,18-19,25,30,32,35-36,38,40-41,45,47H,3-4,6,10-11,16-17,20-24,26-29H2,1-2H3,(H,42,46,48)/t30?,35-,36-,38-/m0/s1. The van der Waals surface area contributed by atoms with E-state index in [1.54, 1.807) is 6.20 Å². The third kappa shape index (κ3) is 14.2. The van der Waals surface area contributed by atoms with Crippen molar-refractivity contribution in [3.8, 4) is 0 Å². The molecule has 0 bridgehead atoms. The third-order valence-corrected chi connectivity index (χ3v) is 11.2. The maximum Gasteiger partial charge on any atom is 0.329 e. The first-order valence-electron chi connectivity index (χ1n) is 18.8. The third-order valence-electron chi connectivity index (χ3n) is 9.76. The van der Waals surface area contributed by atoms with E-state index in [0.29, 0.717) is 44.8 Å². The van der Waals surface area contributed by atoms with Crippen molar-refractivity contribution >= 4 is 22.0 Å². The van der Waals surface area contributed by atoms with Gasteiger partial charge in [-0.3, -0.25) is 15.0 Å². The number of hydrogen-bond acceptors (Lipinski definition) is 9. The number of carbonyl (C=O) groups excluding carboxylic acids is 2. The highest BCUT2D eigenvalue weighted by atomic mass is 32.2. The van der Waals surface area contributed by atoms with Crippen LogP contribution in [0.25, 0.3) is 0 Å². The Morgan fingerprint density at radius 3 is 2.33 bits per heavy atom. The second kappa shape index (κ2) is 21.4. The summed E-state index contributed by atoms with van der Waals surface area (Å²) in [6.45, 7) is 5.00. The van der Waals surface area contributed by atoms with Crippen molar-refractivity contribution < 1.29 is 33.0 Å². The molecule has 0 radical (unpaired) electrons. The zero-order valence-corrected chi connectivity index (χ0v) is 31.6. The van der Waals surface area contributed by atoms with E-state index in [2.05, 4.69) is 15.4 Å². The lowest BCUT2D eigenvalue weighted by atomic mass is 9.83. The van der Waals surface area contributed by atoms with Gasteiger partial charge in [0, 0.05) is 43.4 Å². The molecule has 0 aromatic heterocycles. The van der Waals surface area contributed by atoms with Gasteiger partial charge < -0.3 is 25.2 Å². The number of unbranched alkanes of at least 4 members (excludes halogenated alkanes) is 1. The van der Waals surface area contributed by atoms with Crippen molar-refractivity contribution in [3.05, 3.63) is 83.7 Å². The SMILES string of the molecule is CCCCNS(=O)(=O)C[C@H](O)[C@@H](O)[C@H](CC1CCCCC1)NC(C)CC1=CN(C(=O)NC(=O)CCc2ccccc2)CN1COCc1ccccc1. The van der Waals surface area contributed by atoms with Crippen LogP contribution in [0.15, 0.2) is 72.6 Å². The zero-order chi connectivity index (χ0) is 37.3. The summed E-state index contributed by atoms with van der Waals surface area (Å²) in [4.78, 5) is 29.3. The first-order valence-corrected chi connectivity index (χ1v) is 20.5. The highest BCUT2D eigenvalue weighted by Gasteiger charge is 2.34. The predicted molar refractivity (Wildman–Crippen MR) is 202 cm³/mol. The molecule has 0 spiro atoms. The number of nitrogens with zero attached hydrogens (tertiary/aromatic N) is 2. The summed E-state index contributed by atoms with van der Waals surface area (Å²) in [6.07, 6.45) is 7.67. The Labute approximate surface area is 310 Å². The molecule has 5 N–H and O–H groups in total. The average molecular weight is 742 g/mol. The van der Waals surface area contributed by atoms with Crippen molar-refractivity contribution in [2.45, 2.75) is 115 Å². The zero-order valence-electron chi connectivity index (χ0n) is 30.8. The van der Waals surface area contributed by atoms with E-state index in [9.17, 15) is 28.2 Å². The summed E-state index contributed by atoms with van der Waals surface area (Å²) in [5.41, 5.74) is 2.83. The molecule has 0 saturated heterocycles. The average Bonchev–Trinajstić information content (AvgIpc) is 3.53. The summed E-state index contributed by atoms with van der Waals surface area (Å²) in [6, 6.07) is 18.1. The maximum atomic E-state index is 13.3. The fourth-order valence-electron chi connectivity index (χ4n) is 6.89. The molecule has 2 aromatic rings. The van der Waals surface area contributed by atoms with Crippen LogP contribution in [0, 0.1) is 5.92 Å². The molecule has 12 nitrogen and oxygen atoms in total. The number of sulfonamides is 1. The number of nitrogens with one attached hydrogen (secondary N) is 3. The minimum atomic E-state index is -3.77. The normalized spacial score (nSPS) is 17.7. The van der Waals surface area contributed by atoms with Crippen LogP contribution in [0.2, 0.25) is 0 Å². The van der Waals surface area contributed by atoms with Crippen LogP contribution in [-0.2, 0) is 32.6 Å². The first kappa shape index (κ1) is 41.4. The summed E-state index contributed by atoms with van der Waals surface area (Å²) in [7, 11) is -3.77. The Balaban J connectivity index is 1.42. The summed E-state index contributed by atoms with van der Waals surface area (Å²) >= 11 is 0. The van der Waals surface area contributed by atoms with Crippen molar-refractivity contribution in [1.82, 2.24) is 25.2 Å². The number of amides is 3. The van der Waals surface area contributed by atoms with Gasteiger partial charge in [-0.2, -0.15) is 0 Å². The van der Waals surface area contributed by atoms with E-state index >= 15 is 0 Å². The Kier molecular flexibility index (Phi) is 17.0. The van der Waals surface area contributed by atoms with Gasteiger partial charge in [0.05, 0.1) is 24.6 Å². The molecule has 4 rings (SSSR count). The van der Waals surface area contributed by atoms with E-state index in [1.165, 1.54) is 11.3 Å².